The highest BCUT2D eigenvalue weighted by molar-refractivity contribution is 6.01. The maximum Gasteiger partial charge on any atom is 0.310 e. The molecule has 0 aromatic heterocycles. The highest BCUT2D eigenvalue weighted by Gasteiger charge is 2.20. The Morgan fingerprint density at radius 3 is 2.44 bits per heavy atom. The van der Waals surface area contributed by atoms with Crippen LogP contribution in [0.4, 0.5) is 0 Å². The molecule has 0 aliphatic heterocycles. The van der Waals surface area contributed by atoms with Gasteiger partial charge in [0, 0.05) is 19.4 Å². The summed E-state index contributed by atoms with van der Waals surface area (Å²) >= 11 is 0. The van der Waals surface area contributed by atoms with Gasteiger partial charge in [-0.15, -0.1) is 0 Å². The first-order valence-electron chi connectivity index (χ1n) is 9.15. The zero-order valence-corrected chi connectivity index (χ0v) is 16.1. The Kier molecular flexibility index (Phi) is 9.33. The first-order valence-corrected chi connectivity index (χ1v) is 9.15. The van der Waals surface area contributed by atoms with Crippen molar-refractivity contribution in [2.24, 2.45) is 0 Å². The summed E-state index contributed by atoms with van der Waals surface area (Å²) in [4.78, 5) is 35.1. The summed E-state index contributed by atoms with van der Waals surface area (Å²) in [5.74, 6) is -1.70. The van der Waals surface area contributed by atoms with Gasteiger partial charge in [0.05, 0.1) is 24.7 Å². The maximum absolute atomic E-state index is 12.5. The molecule has 1 rings (SSSR count). The molecule has 0 bridgehead atoms. The molecular weight excluding hydrogens is 352 g/mol. The van der Waals surface area contributed by atoms with Crippen LogP contribution in [0.15, 0.2) is 12.1 Å². The van der Waals surface area contributed by atoms with E-state index in [9.17, 15) is 24.6 Å². The molecule has 0 saturated carbocycles. The zero-order chi connectivity index (χ0) is 20.4. The number of phenolic OH excluding ortho intramolecular Hbond substituents is 2. The van der Waals surface area contributed by atoms with Crippen LogP contribution in [0.1, 0.15) is 68.8 Å². The molecule has 0 amide bonds. The van der Waals surface area contributed by atoms with Crippen LogP contribution in [-0.4, -0.2) is 40.6 Å². The zero-order valence-electron chi connectivity index (χ0n) is 16.1. The number of hydrogen-bond acceptors (Lipinski definition) is 7. The Morgan fingerprint density at radius 1 is 1.11 bits per heavy atom. The molecule has 1 aromatic carbocycles. The van der Waals surface area contributed by atoms with E-state index in [-0.39, 0.29) is 59.9 Å². The van der Waals surface area contributed by atoms with Crippen molar-refractivity contribution in [3.05, 3.63) is 23.3 Å². The molecule has 0 spiro atoms. The van der Waals surface area contributed by atoms with Gasteiger partial charge in [0.25, 0.3) is 0 Å². The van der Waals surface area contributed by atoms with E-state index in [2.05, 4.69) is 0 Å². The van der Waals surface area contributed by atoms with Gasteiger partial charge in [-0.25, -0.2) is 0 Å². The van der Waals surface area contributed by atoms with Gasteiger partial charge < -0.3 is 19.7 Å². The number of ketones is 1. The Bertz CT molecular complexity index is 667. The highest BCUT2D eigenvalue weighted by atomic mass is 16.5. The van der Waals surface area contributed by atoms with Gasteiger partial charge in [-0.2, -0.15) is 0 Å². The lowest BCUT2D eigenvalue weighted by Crippen LogP contribution is -2.12. The number of benzene rings is 1. The standard InChI is InChI=1S/C20H28O7/c1-4-26-19(25)11-15-10-16(22)12-18(24)20(15)17(23)9-7-5-6-8-13(2)27-14(3)21/h10,12-13,22,24H,4-9,11H2,1-3H3/t13-/m1/s1. The Balaban J connectivity index is 2.63. The first kappa shape index (κ1) is 22.5. The molecule has 0 radical (unpaired) electrons. The lowest BCUT2D eigenvalue weighted by molar-refractivity contribution is -0.146. The summed E-state index contributed by atoms with van der Waals surface area (Å²) in [5.41, 5.74) is 0.300. The van der Waals surface area contributed by atoms with E-state index < -0.39 is 5.97 Å². The Morgan fingerprint density at radius 2 is 1.81 bits per heavy atom. The molecule has 150 valence electrons. The minimum Gasteiger partial charge on any atom is -0.508 e. The molecular formula is C20H28O7. The maximum atomic E-state index is 12.5. The molecule has 1 aromatic rings. The van der Waals surface area contributed by atoms with Crippen LogP contribution in [0.3, 0.4) is 0 Å². The van der Waals surface area contributed by atoms with Gasteiger partial charge in [0.2, 0.25) is 0 Å². The lowest BCUT2D eigenvalue weighted by atomic mass is 9.96. The summed E-state index contributed by atoms with van der Waals surface area (Å²) in [7, 11) is 0. The molecule has 2 N–H and O–H groups in total. The number of hydrogen-bond donors (Lipinski definition) is 2. The van der Waals surface area contributed by atoms with Crippen molar-refractivity contribution in [3.8, 4) is 11.5 Å². The molecule has 1 atom stereocenters. The number of phenols is 2. The van der Waals surface area contributed by atoms with Crippen molar-refractivity contribution in [1.82, 2.24) is 0 Å². The van der Waals surface area contributed by atoms with Gasteiger partial charge >= 0.3 is 11.9 Å². The van der Waals surface area contributed by atoms with Gasteiger partial charge in [-0.1, -0.05) is 6.42 Å². The number of Topliss-reactive ketones (excluding diaryl/α,β-unsaturated/α-hetero) is 1. The Labute approximate surface area is 159 Å². The second-order valence-electron chi connectivity index (χ2n) is 6.42. The highest BCUT2D eigenvalue weighted by Crippen LogP contribution is 2.29. The fourth-order valence-electron chi connectivity index (χ4n) is 2.86. The number of esters is 2. The van der Waals surface area contributed by atoms with Gasteiger partial charge in [-0.05, 0) is 44.7 Å². The van der Waals surface area contributed by atoms with Crippen molar-refractivity contribution in [2.75, 3.05) is 6.61 Å². The fourth-order valence-corrected chi connectivity index (χ4v) is 2.86. The van der Waals surface area contributed by atoms with E-state index in [4.69, 9.17) is 9.47 Å². The number of aromatic hydroxyl groups is 2. The predicted octanol–water partition coefficient (Wildman–Crippen LogP) is 3.29. The summed E-state index contributed by atoms with van der Waals surface area (Å²) in [6.45, 7) is 5.07. The van der Waals surface area contributed by atoms with Crippen LogP contribution < -0.4 is 0 Å². The molecule has 7 nitrogen and oxygen atoms in total. The van der Waals surface area contributed by atoms with E-state index in [1.54, 1.807) is 6.92 Å². The minimum absolute atomic E-state index is 0.0501. The summed E-state index contributed by atoms with van der Waals surface area (Å²) in [5, 5.41) is 19.7. The average molecular weight is 380 g/mol. The minimum atomic E-state index is -0.531. The van der Waals surface area contributed by atoms with Crippen molar-refractivity contribution in [2.45, 2.75) is 65.4 Å². The monoisotopic (exact) mass is 380 g/mol. The van der Waals surface area contributed by atoms with E-state index in [0.717, 1.165) is 18.9 Å². The quantitative estimate of drug-likeness (QED) is 0.344. The second kappa shape index (κ2) is 11.2. The van der Waals surface area contributed by atoms with E-state index in [1.807, 2.05) is 6.92 Å². The number of rotatable bonds is 11. The van der Waals surface area contributed by atoms with E-state index in [0.29, 0.717) is 12.8 Å². The predicted molar refractivity (Wildman–Crippen MR) is 98.8 cm³/mol. The smallest absolute Gasteiger partial charge is 0.310 e. The van der Waals surface area contributed by atoms with Crippen LogP contribution >= 0.6 is 0 Å². The summed E-state index contributed by atoms with van der Waals surface area (Å²) in [6.07, 6.45) is 2.74. The molecule has 27 heavy (non-hydrogen) atoms. The third kappa shape index (κ3) is 8.11. The topological polar surface area (TPSA) is 110 Å². The second-order valence-corrected chi connectivity index (χ2v) is 6.42. The molecule has 0 saturated heterocycles. The number of carbonyl (C=O) groups is 3. The van der Waals surface area contributed by atoms with E-state index >= 15 is 0 Å². The number of unbranched alkanes of at least 4 members (excludes halogenated alkanes) is 2. The van der Waals surface area contributed by atoms with Crippen LogP contribution in [-0.2, 0) is 25.5 Å². The summed E-state index contributed by atoms with van der Waals surface area (Å²) in [6, 6.07) is 2.38. The van der Waals surface area contributed by atoms with Gasteiger partial charge in [0.1, 0.15) is 11.5 Å². The molecule has 0 aliphatic rings. The number of ether oxygens (including phenoxy) is 2. The van der Waals surface area contributed by atoms with Crippen molar-refractivity contribution in [3.63, 3.8) is 0 Å². The van der Waals surface area contributed by atoms with Crippen LogP contribution in [0.25, 0.3) is 0 Å². The third-order valence-electron chi connectivity index (χ3n) is 3.98. The van der Waals surface area contributed by atoms with Gasteiger partial charge in [-0.3, -0.25) is 14.4 Å². The van der Waals surface area contributed by atoms with Crippen molar-refractivity contribution in [1.29, 1.82) is 0 Å². The normalized spacial score (nSPS) is 11.7. The van der Waals surface area contributed by atoms with Crippen LogP contribution in [0, 0.1) is 0 Å². The first-order chi connectivity index (χ1) is 12.7. The van der Waals surface area contributed by atoms with Crippen molar-refractivity contribution < 1.29 is 34.1 Å². The van der Waals surface area contributed by atoms with Crippen LogP contribution in [0.2, 0.25) is 0 Å². The SMILES string of the molecule is CCOC(=O)Cc1cc(O)cc(O)c1C(=O)CCCCC[C@@H](C)OC(C)=O. The largest absolute Gasteiger partial charge is 0.508 e. The van der Waals surface area contributed by atoms with Crippen molar-refractivity contribution >= 4 is 17.7 Å². The average Bonchev–Trinajstić information content (AvgIpc) is 2.53. The Hall–Kier alpha value is -2.57. The van der Waals surface area contributed by atoms with Gasteiger partial charge in [0.15, 0.2) is 5.78 Å². The van der Waals surface area contributed by atoms with E-state index in [1.165, 1.54) is 13.0 Å². The lowest BCUT2D eigenvalue weighted by Gasteiger charge is -2.12. The molecule has 0 heterocycles. The number of carbonyl (C=O) groups excluding carboxylic acids is 3. The van der Waals surface area contributed by atoms with Crippen LogP contribution in [0.5, 0.6) is 11.5 Å². The summed E-state index contributed by atoms with van der Waals surface area (Å²) < 4.78 is 9.91. The molecule has 7 heteroatoms. The third-order valence-corrected chi connectivity index (χ3v) is 3.98. The molecule has 0 fully saturated rings. The fraction of sp³-hybridized carbons (Fsp3) is 0.550. The molecule has 0 aliphatic carbocycles. The molecule has 0 unspecified atom stereocenters.